The Kier molecular flexibility index (Phi) is 4.41. The standard InChI is InChI=1S/C14H9BrClFN2/c15-12-5-9(1-4-13(12)17)8-19-14-6-11(16)3-2-10(14)7-18/h1-6,19H,8H2. The highest BCUT2D eigenvalue weighted by atomic mass is 79.9. The van der Waals surface area contributed by atoms with E-state index >= 15 is 0 Å². The van der Waals surface area contributed by atoms with Crippen molar-refractivity contribution in [2.24, 2.45) is 0 Å². The SMILES string of the molecule is N#Cc1ccc(Cl)cc1NCc1ccc(F)c(Br)c1. The van der Waals surface area contributed by atoms with E-state index in [-0.39, 0.29) is 5.82 Å². The van der Waals surface area contributed by atoms with Crippen molar-refractivity contribution in [2.75, 3.05) is 5.32 Å². The van der Waals surface area contributed by atoms with Gasteiger partial charge in [-0.05, 0) is 51.8 Å². The molecule has 1 N–H and O–H groups in total. The first kappa shape index (κ1) is 13.9. The Morgan fingerprint density at radius 1 is 1.26 bits per heavy atom. The average molecular weight is 340 g/mol. The predicted molar refractivity (Wildman–Crippen MR) is 77.6 cm³/mol. The first-order valence-corrected chi connectivity index (χ1v) is 6.64. The van der Waals surface area contributed by atoms with Crippen LogP contribution in [0.5, 0.6) is 0 Å². The van der Waals surface area contributed by atoms with Gasteiger partial charge in [-0.25, -0.2) is 4.39 Å². The average Bonchev–Trinajstić information content (AvgIpc) is 2.40. The topological polar surface area (TPSA) is 35.8 Å². The van der Waals surface area contributed by atoms with Crippen LogP contribution in [-0.4, -0.2) is 0 Å². The van der Waals surface area contributed by atoms with Gasteiger partial charge in [0.25, 0.3) is 0 Å². The van der Waals surface area contributed by atoms with Crippen LogP contribution < -0.4 is 5.32 Å². The van der Waals surface area contributed by atoms with Crippen molar-refractivity contribution in [3.8, 4) is 6.07 Å². The molecular formula is C14H9BrClFN2. The number of hydrogen-bond donors (Lipinski definition) is 1. The maximum atomic E-state index is 13.1. The molecule has 0 saturated carbocycles. The third kappa shape index (κ3) is 3.46. The first-order chi connectivity index (χ1) is 9.10. The number of nitriles is 1. The molecule has 0 aliphatic rings. The maximum Gasteiger partial charge on any atom is 0.137 e. The number of nitrogens with one attached hydrogen (secondary N) is 1. The molecule has 0 aliphatic heterocycles. The van der Waals surface area contributed by atoms with E-state index in [1.54, 1.807) is 30.3 Å². The molecule has 2 aromatic carbocycles. The van der Waals surface area contributed by atoms with Crippen molar-refractivity contribution in [1.82, 2.24) is 0 Å². The molecule has 0 unspecified atom stereocenters. The molecule has 0 atom stereocenters. The number of rotatable bonds is 3. The van der Waals surface area contributed by atoms with Gasteiger partial charge in [-0.15, -0.1) is 0 Å². The predicted octanol–water partition coefficient (Wildman–Crippen LogP) is 4.73. The molecule has 0 spiro atoms. The lowest BCUT2D eigenvalue weighted by Crippen LogP contribution is -2.01. The Bertz CT molecular complexity index is 652. The van der Waals surface area contributed by atoms with Crippen molar-refractivity contribution in [3.05, 3.63) is 62.8 Å². The maximum absolute atomic E-state index is 13.1. The number of halogens is 3. The summed E-state index contributed by atoms with van der Waals surface area (Å²) < 4.78 is 13.5. The van der Waals surface area contributed by atoms with Gasteiger partial charge in [0.05, 0.1) is 15.7 Å². The zero-order chi connectivity index (χ0) is 13.8. The number of hydrogen-bond acceptors (Lipinski definition) is 2. The van der Waals surface area contributed by atoms with Crippen molar-refractivity contribution < 1.29 is 4.39 Å². The van der Waals surface area contributed by atoms with Crippen LogP contribution in [0, 0.1) is 17.1 Å². The summed E-state index contributed by atoms with van der Waals surface area (Å²) in [5, 5.41) is 12.7. The summed E-state index contributed by atoms with van der Waals surface area (Å²) in [5.41, 5.74) is 2.08. The van der Waals surface area contributed by atoms with Crippen LogP contribution in [0.3, 0.4) is 0 Å². The second-order valence-corrected chi connectivity index (χ2v) is 5.19. The first-order valence-electron chi connectivity index (χ1n) is 5.47. The van der Waals surface area contributed by atoms with Gasteiger partial charge in [-0.3, -0.25) is 0 Å². The second-order valence-electron chi connectivity index (χ2n) is 3.90. The Morgan fingerprint density at radius 3 is 2.74 bits per heavy atom. The molecule has 0 heterocycles. The van der Waals surface area contributed by atoms with E-state index in [9.17, 15) is 4.39 Å². The summed E-state index contributed by atoms with van der Waals surface area (Å²) in [6.07, 6.45) is 0. The minimum atomic E-state index is -0.302. The van der Waals surface area contributed by atoms with Gasteiger partial charge in [-0.1, -0.05) is 17.7 Å². The monoisotopic (exact) mass is 338 g/mol. The summed E-state index contributed by atoms with van der Waals surface area (Å²) >= 11 is 9.03. The van der Waals surface area contributed by atoms with Gasteiger partial charge < -0.3 is 5.32 Å². The van der Waals surface area contributed by atoms with Gasteiger partial charge in [0.2, 0.25) is 0 Å². The lowest BCUT2D eigenvalue weighted by atomic mass is 10.1. The Hall–Kier alpha value is -1.57. The number of benzene rings is 2. The van der Waals surface area contributed by atoms with E-state index in [2.05, 4.69) is 27.3 Å². The molecule has 0 saturated heterocycles. The van der Waals surface area contributed by atoms with Crippen LogP contribution >= 0.6 is 27.5 Å². The van der Waals surface area contributed by atoms with Crippen molar-refractivity contribution >= 4 is 33.2 Å². The van der Waals surface area contributed by atoms with Gasteiger partial charge in [0.15, 0.2) is 0 Å². The van der Waals surface area contributed by atoms with Crippen LogP contribution in [-0.2, 0) is 6.54 Å². The van der Waals surface area contributed by atoms with E-state index in [0.29, 0.717) is 27.3 Å². The van der Waals surface area contributed by atoms with Crippen molar-refractivity contribution in [2.45, 2.75) is 6.54 Å². The third-order valence-electron chi connectivity index (χ3n) is 2.57. The number of nitrogens with zero attached hydrogens (tertiary/aromatic N) is 1. The molecule has 96 valence electrons. The highest BCUT2D eigenvalue weighted by Gasteiger charge is 2.04. The second kappa shape index (κ2) is 6.05. The Balaban J connectivity index is 2.16. The zero-order valence-electron chi connectivity index (χ0n) is 9.75. The summed E-state index contributed by atoms with van der Waals surface area (Å²) in [6, 6.07) is 11.9. The molecule has 0 bridgehead atoms. The van der Waals surface area contributed by atoms with Gasteiger partial charge >= 0.3 is 0 Å². The van der Waals surface area contributed by atoms with Crippen LogP contribution in [0.2, 0.25) is 5.02 Å². The molecule has 0 fully saturated rings. The van der Waals surface area contributed by atoms with Crippen LogP contribution in [0.25, 0.3) is 0 Å². The fourth-order valence-electron chi connectivity index (χ4n) is 1.61. The summed E-state index contributed by atoms with van der Waals surface area (Å²) in [5.74, 6) is -0.302. The van der Waals surface area contributed by atoms with E-state index in [1.165, 1.54) is 6.07 Å². The van der Waals surface area contributed by atoms with Crippen molar-refractivity contribution in [3.63, 3.8) is 0 Å². The fraction of sp³-hybridized carbons (Fsp3) is 0.0714. The highest BCUT2D eigenvalue weighted by Crippen LogP contribution is 2.22. The summed E-state index contributed by atoms with van der Waals surface area (Å²) in [6.45, 7) is 0.480. The largest absolute Gasteiger partial charge is 0.380 e. The molecule has 0 aromatic heterocycles. The molecular weight excluding hydrogens is 331 g/mol. The van der Waals surface area contributed by atoms with E-state index in [4.69, 9.17) is 16.9 Å². The van der Waals surface area contributed by atoms with E-state index < -0.39 is 0 Å². The Labute approximate surface area is 123 Å². The highest BCUT2D eigenvalue weighted by molar-refractivity contribution is 9.10. The molecule has 0 aliphatic carbocycles. The molecule has 2 aromatic rings. The fourth-order valence-corrected chi connectivity index (χ4v) is 2.21. The summed E-state index contributed by atoms with van der Waals surface area (Å²) in [4.78, 5) is 0. The van der Waals surface area contributed by atoms with Crippen LogP contribution in [0.1, 0.15) is 11.1 Å². The van der Waals surface area contributed by atoms with E-state index in [1.807, 2.05) is 0 Å². The van der Waals surface area contributed by atoms with Crippen molar-refractivity contribution in [1.29, 1.82) is 5.26 Å². The third-order valence-corrected chi connectivity index (χ3v) is 3.41. The van der Waals surface area contributed by atoms with Crippen LogP contribution in [0.15, 0.2) is 40.9 Å². The minimum absolute atomic E-state index is 0.302. The van der Waals surface area contributed by atoms with Gasteiger partial charge in [0.1, 0.15) is 11.9 Å². The van der Waals surface area contributed by atoms with Gasteiger partial charge in [0, 0.05) is 11.6 Å². The van der Waals surface area contributed by atoms with Gasteiger partial charge in [-0.2, -0.15) is 5.26 Å². The quantitative estimate of drug-likeness (QED) is 0.878. The molecule has 5 heteroatoms. The lowest BCUT2D eigenvalue weighted by Gasteiger charge is -2.09. The Morgan fingerprint density at radius 2 is 2.05 bits per heavy atom. The molecule has 2 rings (SSSR count). The van der Waals surface area contributed by atoms with Crippen LogP contribution in [0.4, 0.5) is 10.1 Å². The molecule has 19 heavy (non-hydrogen) atoms. The smallest absolute Gasteiger partial charge is 0.137 e. The molecule has 0 amide bonds. The minimum Gasteiger partial charge on any atom is -0.380 e. The normalized spacial score (nSPS) is 10.0. The lowest BCUT2D eigenvalue weighted by molar-refractivity contribution is 0.620. The summed E-state index contributed by atoms with van der Waals surface area (Å²) in [7, 11) is 0. The zero-order valence-corrected chi connectivity index (χ0v) is 12.1. The molecule has 2 nitrogen and oxygen atoms in total. The molecule has 0 radical (unpaired) electrons. The number of anilines is 1. The van der Waals surface area contributed by atoms with E-state index in [0.717, 1.165) is 5.56 Å².